The molecule has 0 saturated carbocycles. The Morgan fingerprint density at radius 2 is 1.80 bits per heavy atom. The highest BCUT2D eigenvalue weighted by molar-refractivity contribution is 5.73. The molecule has 1 N–H and O–H groups in total. The first kappa shape index (κ1) is 17.4. The van der Waals surface area contributed by atoms with Gasteiger partial charge in [-0.05, 0) is 40.2 Å². The molecule has 0 fully saturated rings. The molecule has 3 aromatic rings. The van der Waals surface area contributed by atoms with E-state index in [2.05, 4.69) is 16.1 Å². The average Bonchev–Trinajstić information content (AvgIpc) is 2.94. The minimum absolute atomic E-state index is 0.158. The highest BCUT2D eigenvalue weighted by atomic mass is 16.3. The van der Waals surface area contributed by atoms with Crippen molar-refractivity contribution in [3.63, 3.8) is 0 Å². The van der Waals surface area contributed by atoms with E-state index < -0.39 is 6.10 Å². The Labute approximate surface area is 146 Å². The van der Waals surface area contributed by atoms with Gasteiger partial charge >= 0.3 is 0 Å². The van der Waals surface area contributed by atoms with E-state index in [9.17, 15) is 9.90 Å². The van der Waals surface area contributed by atoms with Crippen LogP contribution in [0.2, 0.25) is 0 Å². The fourth-order valence-electron chi connectivity index (χ4n) is 3.06. The maximum Gasteiger partial charge on any atom is 0.264 e. The van der Waals surface area contributed by atoms with E-state index in [1.807, 2.05) is 46.8 Å². The highest BCUT2D eigenvalue weighted by Crippen LogP contribution is 2.20. The van der Waals surface area contributed by atoms with E-state index in [1.165, 1.54) is 10.9 Å². The third kappa shape index (κ3) is 3.35. The van der Waals surface area contributed by atoms with Crippen LogP contribution < -0.4 is 5.56 Å². The van der Waals surface area contributed by atoms with E-state index in [-0.39, 0.29) is 17.6 Å². The van der Waals surface area contributed by atoms with E-state index in [4.69, 9.17) is 0 Å². The van der Waals surface area contributed by atoms with Crippen molar-refractivity contribution in [1.29, 1.82) is 0 Å². The Hall–Kier alpha value is -2.47. The van der Waals surface area contributed by atoms with Crippen LogP contribution in [0.25, 0.3) is 11.0 Å². The summed E-state index contributed by atoms with van der Waals surface area (Å²) in [5, 5.41) is 15.3. The number of nitrogens with zero attached hydrogens (tertiary/aromatic N) is 4. The number of benzene rings is 1. The van der Waals surface area contributed by atoms with Crippen LogP contribution in [0.5, 0.6) is 0 Å². The lowest BCUT2D eigenvalue weighted by Gasteiger charge is -2.20. The molecule has 132 valence electrons. The van der Waals surface area contributed by atoms with Gasteiger partial charge in [0, 0.05) is 0 Å². The zero-order valence-electron chi connectivity index (χ0n) is 15.3. The van der Waals surface area contributed by atoms with Crippen molar-refractivity contribution < 1.29 is 5.11 Å². The Morgan fingerprint density at radius 3 is 2.40 bits per heavy atom. The SMILES string of the molecule is Cc1cc(C)cc(C(O)Cn2cnc3c(cnn3C(C)(C)C)c2=O)c1. The zero-order chi connectivity index (χ0) is 18.4. The van der Waals surface area contributed by atoms with Crippen LogP contribution in [-0.2, 0) is 12.1 Å². The summed E-state index contributed by atoms with van der Waals surface area (Å²) in [6, 6.07) is 5.93. The summed E-state index contributed by atoms with van der Waals surface area (Å²) in [5.74, 6) is 0. The van der Waals surface area contributed by atoms with Crippen molar-refractivity contribution in [2.75, 3.05) is 0 Å². The van der Waals surface area contributed by atoms with Gasteiger partial charge < -0.3 is 5.11 Å². The van der Waals surface area contributed by atoms with Gasteiger partial charge in [-0.3, -0.25) is 9.36 Å². The molecule has 0 radical (unpaired) electrons. The Morgan fingerprint density at radius 1 is 1.16 bits per heavy atom. The smallest absolute Gasteiger partial charge is 0.264 e. The van der Waals surface area contributed by atoms with Crippen molar-refractivity contribution in [2.24, 2.45) is 0 Å². The van der Waals surface area contributed by atoms with Gasteiger partial charge in [0.2, 0.25) is 0 Å². The molecule has 3 rings (SSSR count). The molecule has 0 saturated heterocycles. The van der Waals surface area contributed by atoms with Crippen molar-refractivity contribution in [3.05, 3.63) is 57.8 Å². The first-order chi connectivity index (χ1) is 11.7. The molecule has 25 heavy (non-hydrogen) atoms. The number of aliphatic hydroxyl groups excluding tert-OH is 1. The lowest BCUT2D eigenvalue weighted by atomic mass is 10.0. The molecule has 1 atom stereocenters. The predicted molar refractivity (Wildman–Crippen MR) is 97.7 cm³/mol. The first-order valence-corrected chi connectivity index (χ1v) is 8.37. The average molecular weight is 340 g/mol. The summed E-state index contributed by atoms with van der Waals surface area (Å²) < 4.78 is 3.19. The van der Waals surface area contributed by atoms with Crippen LogP contribution in [0.4, 0.5) is 0 Å². The van der Waals surface area contributed by atoms with E-state index in [0.29, 0.717) is 11.0 Å². The van der Waals surface area contributed by atoms with E-state index in [0.717, 1.165) is 16.7 Å². The van der Waals surface area contributed by atoms with Crippen molar-refractivity contribution >= 4 is 11.0 Å². The van der Waals surface area contributed by atoms with Crippen LogP contribution in [0.1, 0.15) is 43.6 Å². The molecule has 1 aromatic carbocycles. The lowest BCUT2D eigenvalue weighted by molar-refractivity contribution is 0.154. The van der Waals surface area contributed by atoms with Gasteiger partial charge in [-0.25, -0.2) is 9.67 Å². The van der Waals surface area contributed by atoms with Crippen LogP contribution in [0.15, 0.2) is 35.5 Å². The molecule has 0 aliphatic carbocycles. The standard InChI is InChI=1S/C19H24N4O2/c1-12-6-13(2)8-14(7-12)16(24)10-22-11-20-17-15(18(22)25)9-21-23(17)19(3,4)5/h6-9,11,16,24H,10H2,1-5H3. The van der Waals surface area contributed by atoms with Gasteiger partial charge in [0.05, 0.1) is 24.4 Å². The van der Waals surface area contributed by atoms with Crippen LogP contribution in [-0.4, -0.2) is 24.4 Å². The number of aromatic nitrogens is 4. The minimum Gasteiger partial charge on any atom is -0.387 e. The first-order valence-electron chi connectivity index (χ1n) is 8.37. The number of aryl methyl sites for hydroxylation is 2. The summed E-state index contributed by atoms with van der Waals surface area (Å²) in [7, 11) is 0. The molecule has 0 aliphatic rings. The van der Waals surface area contributed by atoms with Crippen LogP contribution in [0.3, 0.4) is 0 Å². The number of rotatable bonds is 3. The Bertz CT molecular complexity index is 959. The van der Waals surface area contributed by atoms with Gasteiger partial charge in [-0.2, -0.15) is 5.10 Å². The molecular weight excluding hydrogens is 316 g/mol. The Balaban J connectivity index is 1.97. The summed E-state index contributed by atoms with van der Waals surface area (Å²) in [5.41, 5.74) is 3.09. The molecular formula is C19H24N4O2. The maximum atomic E-state index is 12.7. The predicted octanol–water partition coefficient (Wildman–Crippen LogP) is 2.70. The van der Waals surface area contributed by atoms with Gasteiger partial charge in [0.15, 0.2) is 5.65 Å². The van der Waals surface area contributed by atoms with Crippen molar-refractivity contribution in [3.8, 4) is 0 Å². The maximum absolute atomic E-state index is 12.7. The van der Waals surface area contributed by atoms with E-state index in [1.54, 1.807) is 10.9 Å². The monoisotopic (exact) mass is 340 g/mol. The fourth-order valence-corrected chi connectivity index (χ4v) is 3.06. The van der Waals surface area contributed by atoms with Gasteiger partial charge in [0.25, 0.3) is 5.56 Å². The number of hydrogen-bond donors (Lipinski definition) is 1. The summed E-state index contributed by atoms with van der Waals surface area (Å²) >= 11 is 0. The lowest BCUT2D eigenvalue weighted by Crippen LogP contribution is -2.26. The topological polar surface area (TPSA) is 72.9 Å². The number of aliphatic hydroxyl groups is 1. The molecule has 0 bridgehead atoms. The minimum atomic E-state index is -0.770. The number of hydrogen-bond acceptors (Lipinski definition) is 4. The molecule has 0 amide bonds. The molecule has 6 heteroatoms. The van der Waals surface area contributed by atoms with Crippen LogP contribution >= 0.6 is 0 Å². The Kier molecular flexibility index (Phi) is 4.24. The van der Waals surface area contributed by atoms with Gasteiger partial charge in [-0.15, -0.1) is 0 Å². The highest BCUT2D eigenvalue weighted by Gasteiger charge is 2.20. The molecule has 1 unspecified atom stereocenters. The van der Waals surface area contributed by atoms with Gasteiger partial charge in [0.1, 0.15) is 11.7 Å². The number of fused-ring (bicyclic) bond motifs is 1. The second-order valence-electron chi connectivity index (χ2n) is 7.60. The summed E-state index contributed by atoms with van der Waals surface area (Å²) in [6.45, 7) is 10.2. The summed E-state index contributed by atoms with van der Waals surface area (Å²) in [4.78, 5) is 17.1. The van der Waals surface area contributed by atoms with Gasteiger partial charge in [-0.1, -0.05) is 29.3 Å². The second kappa shape index (κ2) is 6.11. The third-order valence-corrected chi connectivity index (χ3v) is 4.19. The molecule has 0 aliphatic heterocycles. The van der Waals surface area contributed by atoms with Crippen molar-refractivity contribution in [2.45, 2.75) is 52.8 Å². The molecule has 0 spiro atoms. The van der Waals surface area contributed by atoms with E-state index >= 15 is 0 Å². The molecule has 6 nitrogen and oxygen atoms in total. The largest absolute Gasteiger partial charge is 0.387 e. The third-order valence-electron chi connectivity index (χ3n) is 4.19. The zero-order valence-corrected chi connectivity index (χ0v) is 15.3. The fraction of sp³-hybridized carbons (Fsp3) is 0.421. The second-order valence-corrected chi connectivity index (χ2v) is 7.60. The quantitative estimate of drug-likeness (QED) is 0.796. The van der Waals surface area contributed by atoms with Crippen molar-refractivity contribution in [1.82, 2.24) is 19.3 Å². The molecule has 2 aromatic heterocycles. The summed E-state index contributed by atoms with van der Waals surface area (Å²) in [6.07, 6.45) is 2.27. The van der Waals surface area contributed by atoms with Crippen LogP contribution in [0, 0.1) is 13.8 Å². The molecule has 2 heterocycles. The normalized spacial score (nSPS) is 13.4.